The van der Waals surface area contributed by atoms with Crippen LogP contribution in [-0.2, 0) is 14.3 Å². The lowest BCUT2D eigenvalue weighted by atomic mass is 10.1. The first kappa shape index (κ1) is 14.3. The van der Waals surface area contributed by atoms with Crippen molar-refractivity contribution in [1.29, 1.82) is 0 Å². The van der Waals surface area contributed by atoms with E-state index < -0.39 is 12.1 Å². The van der Waals surface area contributed by atoms with Crippen molar-refractivity contribution in [3.05, 3.63) is 0 Å². The Morgan fingerprint density at radius 3 is 2.47 bits per heavy atom. The van der Waals surface area contributed by atoms with Crippen molar-refractivity contribution in [2.24, 2.45) is 5.92 Å². The summed E-state index contributed by atoms with van der Waals surface area (Å²) < 4.78 is 34.0. The van der Waals surface area contributed by atoms with Gasteiger partial charge in [-0.15, -0.1) is 0 Å². The molecule has 0 fully saturated rings. The third-order valence-corrected chi connectivity index (χ3v) is 1.72. The molecule has 3 nitrogen and oxygen atoms in total. The van der Waals surface area contributed by atoms with Crippen molar-refractivity contribution in [2.45, 2.75) is 39.7 Å². The lowest BCUT2D eigenvalue weighted by Gasteiger charge is -2.15. The summed E-state index contributed by atoms with van der Waals surface area (Å²) in [7, 11) is 0. The van der Waals surface area contributed by atoms with Gasteiger partial charge in [0.2, 0.25) is 0 Å². The Morgan fingerprint density at radius 2 is 2.00 bits per heavy atom. The highest BCUT2D eigenvalue weighted by Gasteiger charge is 2.42. The smallest absolute Gasteiger partial charge is 0.456 e. The van der Waals surface area contributed by atoms with Crippen molar-refractivity contribution in [1.82, 2.24) is 0 Å². The van der Waals surface area contributed by atoms with Crippen LogP contribution in [0.15, 0.2) is 0 Å². The molecule has 0 saturated heterocycles. The Bertz CT molecular complexity index is 193. The summed E-state index contributed by atoms with van der Waals surface area (Å²) in [6, 6.07) is 0. The fourth-order valence-corrected chi connectivity index (χ4v) is 0.966. The predicted molar refractivity (Wildman–Crippen MR) is 51.6 cm³/mol. The van der Waals surface area contributed by atoms with Crippen molar-refractivity contribution in [3.63, 3.8) is 0 Å². The molecule has 0 aliphatic rings. The van der Waals surface area contributed by atoms with Gasteiger partial charge in [-0.1, -0.05) is 13.8 Å². The first-order valence-electron chi connectivity index (χ1n) is 5.09. The van der Waals surface area contributed by atoms with Crippen LogP contribution in [0.5, 0.6) is 0 Å². The number of carbonyl (C=O) groups excluding carboxylic acids is 1. The maximum atomic E-state index is 12.8. The van der Waals surface area contributed by atoms with Crippen molar-refractivity contribution >= 4 is 5.97 Å². The second kappa shape index (κ2) is 6.71. The van der Waals surface area contributed by atoms with Gasteiger partial charge in [0.1, 0.15) is 0 Å². The quantitative estimate of drug-likeness (QED) is 0.492. The molecule has 0 saturated carbocycles. The maximum Gasteiger partial charge on any atom is 0.456 e. The average molecular weight is 224 g/mol. The van der Waals surface area contributed by atoms with E-state index in [9.17, 15) is 13.6 Å². The largest absolute Gasteiger partial charge is 0.460 e. The first-order valence-corrected chi connectivity index (χ1v) is 5.09. The predicted octanol–water partition coefficient (Wildman–Crippen LogP) is 2.60. The van der Waals surface area contributed by atoms with E-state index in [4.69, 9.17) is 0 Å². The van der Waals surface area contributed by atoms with Crippen molar-refractivity contribution in [2.75, 3.05) is 13.2 Å². The van der Waals surface area contributed by atoms with Gasteiger partial charge in [-0.2, -0.15) is 8.78 Å². The van der Waals surface area contributed by atoms with Crippen LogP contribution in [0.25, 0.3) is 0 Å². The van der Waals surface area contributed by atoms with E-state index in [1.165, 1.54) is 6.92 Å². The average Bonchev–Trinajstić information content (AvgIpc) is 2.12. The summed E-state index contributed by atoms with van der Waals surface area (Å²) >= 11 is 0. The monoisotopic (exact) mass is 224 g/mol. The Hall–Kier alpha value is -0.710. The van der Waals surface area contributed by atoms with Gasteiger partial charge in [0.25, 0.3) is 0 Å². The third kappa shape index (κ3) is 6.38. The van der Waals surface area contributed by atoms with Crippen molar-refractivity contribution < 1.29 is 23.0 Å². The van der Waals surface area contributed by atoms with E-state index in [1.807, 2.05) is 13.8 Å². The molecule has 0 unspecified atom stereocenters. The summed E-state index contributed by atoms with van der Waals surface area (Å²) in [5.74, 6) is -1.18. The molecule has 0 atom stereocenters. The number of carbonyl (C=O) groups is 1. The first-order chi connectivity index (χ1) is 6.90. The molecular weight excluding hydrogens is 206 g/mol. The molecule has 0 aromatic carbocycles. The molecule has 0 N–H and O–H groups in total. The summed E-state index contributed by atoms with van der Waals surface area (Å²) in [6.45, 7) is 5.23. The van der Waals surface area contributed by atoms with Crippen LogP contribution in [0.4, 0.5) is 8.78 Å². The lowest BCUT2D eigenvalue weighted by Crippen LogP contribution is -2.34. The minimum Gasteiger partial charge on any atom is -0.460 e. The summed E-state index contributed by atoms with van der Waals surface area (Å²) in [6.07, 6.45) is -2.52. The number of hydrogen-bond donors (Lipinski definition) is 0. The van der Waals surface area contributed by atoms with Gasteiger partial charge in [0.05, 0.1) is 13.2 Å². The molecule has 0 aromatic heterocycles. The zero-order valence-corrected chi connectivity index (χ0v) is 9.39. The second-order valence-electron chi connectivity index (χ2n) is 3.62. The third-order valence-electron chi connectivity index (χ3n) is 1.72. The van der Waals surface area contributed by atoms with Crippen LogP contribution in [0, 0.1) is 5.92 Å². The number of rotatable bonds is 7. The van der Waals surface area contributed by atoms with Crippen LogP contribution in [0.3, 0.4) is 0 Å². The SMILES string of the molecule is CCOC(=O)C(F)(F)OCCCC(C)C. The van der Waals surface area contributed by atoms with Gasteiger partial charge < -0.3 is 9.47 Å². The van der Waals surface area contributed by atoms with Gasteiger partial charge in [0, 0.05) is 0 Å². The Kier molecular flexibility index (Phi) is 6.40. The summed E-state index contributed by atoms with van der Waals surface area (Å²) in [4.78, 5) is 10.7. The molecule has 0 amide bonds. The number of alkyl halides is 2. The van der Waals surface area contributed by atoms with E-state index in [-0.39, 0.29) is 13.2 Å². The number of ether oxygens (including phenoxy) is 2. The molecule has 15 heavy (non-hydrogen) atoms. The Balaban J connectivity index is 3.78. The number of hydrogen-bond acceptors (Lipinski definition) is 3. The van der Waals surface area contributed by atoms with E-state index in [0.29, 0.717) is 12.3 Å². The van der Waals surface area contributed by atoms with E-state index in [1.54, 1.807) is 0 Å². The zero-order valence-electron chi connectivity index (χ0n) is 9.39. The highest BCUT2D eigenvalue weighted by Crippen LogP contribution is 2.18. The summed E-state index contributed by atoms with van der Waals surface area (Å²) in [5, 5.41) is 0. The topological polar surface area (TPSA) is 35.5 Å². The van der Waals surface area contributed by atoms with Gasteiger partial charge in [0.15, 0.2) is 0 Å². The normalized spacial score (nSPS) is 11.9. The van der Waals surface area contributed by atoms with Crippen molar-refractivity contribution in [3.8, 4) is 0 Å². The maximum absolute atomic E-state index is 12.8. The highest BCUT2D eigenvalue weighted by atomic mass is 19.3. The van der Waals surface area contributed by atoms with Crippen LogP contribution in [-0.4, -0.2) is 25.3 Å². The molecule has 0 spiro atoms. The molecule has 0 heterocycles. The molecule has 0 rings (SSSR count). The van der Waals surface area contributed by atoms with Gasteiger partial charge >= 0.3 is 12.1 Å². The molecule has 0 aliphatic heterocycles. The standard InChI is InChI=1S/C10H18F2O3/c1-4-14-9(13)10(11,12)15-7-5-6-8(2)3/h8H,4-7H2,1-3H3. The Labute approximate surface area is 88.7 Å². The van der Waals surface area contributed by atoms with E-state index >= 15 is 0 Å². The molecule has 0 radical (unpaired) electrons. The highest BCUT2D eigenvalue weighted by molar-refractivity contribution is 5.75. The lowest BCUT2D eigenvalue weighted by molar-refractivity contribution is -0.250. The zero-order chi connectivity index (χ0) is 11.9. The Morgan fingerprint density at radius 1 is 1.40 bits per heavy atom. The molecule has 5 heteroatoms. The fourth-order valence-electron chi connectivity index (χ4n) is 0.966. The van der Waals surface area contributed by atoms with Gasteiger partial charge in [-0.25, -0.2) is 4.79 Å². The molecule has 90 valence electrons. The minimum atomic E-state index is -3.81. The van der Waals surface area contributed by atoms with Crippen LogP contribution < -0.4 is 0 Å². The second-order valence-corrected chi connectivity index (χ2v) is 3.62. The van der Waals surface area contributed by atoms with Gasteiger partial charge in [-0.3, -0.25) is 0 Å². The van der Waals surface area contributed by atoms with Crippen LogP contribution in [0.2, 0.25) is 0 Å². The fraction of sp³-hybridized carbons (Fsp3) is 0.900. The minimum absolute atomic E-state index is 0.0796. The molecule has 0 bridgehead atoms. The van der Waals surface area contributed by atoms with Crippen LogP contribution in [0.1, 0.15) is 33.6 Å². The summed E-state index contributed by atoms with van der Waals surface area (Å²) in [5.41, 5.74) is 0. The molecular formula is C10H18F2O3. The number of halogens is 2. The van der Waals surface area contributed by atoms with E-state index in [2.05, 4.69) is 9.47 Å². The van der Waals surface area contributed by atoms with Crippen LogP contribution >= 0.6 is 0 Å². The number of esters is 1. The van der Waals surface area contributed by atoms with E-state index in [0.717, 1.165) is 6.42 Å². The van der Waals surface area contributed by atoms with Gasteiger partial charge in [-0.05, 0) is 25.7 Å². The molecule has 0 aromatic rings. The molecule has 0 aliphatic carbocycles.